The largest absolute Gasteiger partial charge is 0.277 e. The van der Waals surface area contributed by atoms with E-state index >= 15 is 0 Å². The van der Waals surface area contributed by atoms with Gasteiger partial charge in [0.1, 0.15) is 0 Å². The molecule has 2 aliphatic rings. The van der Waals surface area contributed by atoms with Crippen LogP contribution in [-0.2, 0) is 10.2 Å². The molecule has 2 fully saturated rings. The molecule has 1 aliphatic carbocycles. The van der Waals surface area contributed by atoms with Crippen LogP contribution in [0, 0.1) is 5.92 Å². The summed E-state index contributed by atoms with van der Waals surface area (Å²) < 4.78 is 23.3. The first-order chi connectivity index (χ1) is 5.07. The highest BCUT2D eigenvalue weighted by molar-refractivity contribution is 7.86. The van der Waals surface area contributed by atoms with E-state index < -0.39 is 10.2 Å². The van der Waals surface area contributed by atoms with Gasteiger partial charge in [-0.2, -0.15) is 12.7 Å². The van der Waals surface area contributed by atoms with E-state index in [0.29, 0.717) is 12.5 Å². The van der Waals surface area contributed by atoms with Gasteiger partial charge in [0.15, 0.2) is 0 Å². The van der Waals surface area contributed by atoms with Gasteiger partial charge in [-0.25, -0.2) is 5.14 Å². The van der Waals surface area contributed by atoms with E-state index in [1.165, 1.54) is 10.7 Å². The van der Waals surface area contributed by atoms with Gasteiger partial charge in [-0.3, -0.25) is 0 Å². The standard InChI is InChI=1S/C6H12N2O2S/c7-11(9,10)8-4-5-1-2-6(8)3-5/h5-6H,1-4H2,(H2,7,9,10). The second kappa shape index (κ2) is 2.18. The molecule has 11 heavy (non-hydrogen) atoms. The van der Waals surface area contributed by atoms with Crippen LogP contribution < -0.4 is 5.14 Å². The van der Waals surface area contributed by atoms with E-state index in [-0.39, 0.29) is 6.04 Å². The summed E-state index contributed by atoms with van der Waals surface area (Å²) in [4.78, 5) is 0. The number of fused-ring (bicyclic) bond motifs is 2. The summed E-state index contributed by atoms with van der Waals surface area (Å²) in [5.74, 6) is 0.582. The van der Waals surface area contributed by atoms with E-state index in [0.717, 1.165) is 12.8 Å². The van der Waals surface area contributed by atoms with Crippen molar-refractivity contribution in [1.82, 2.24) is 4.31 Å². The van der Waals surface area contributed by atoms with Crippen LogP contribution in [0.4, 0.5) is 0 Å². The monoisotopic (exact) mass is 176 g/mol. The Balaban J connectivity index is 2.21. The van der Waals surface area contributed by atoms with E-state index in [4.69, 9.17) is 5.14 Å². The van der Waals surface area contributed by atoms with Gasteiger partial charge in [-0.15, -0.1) is 0 Å². The Morgan fingerprint density at radius 2 is 2.09 bits per heavy atom. The van der Waals surface area contributed by atoms with Gasteiger partial charge in [0.2, 0.25) is 0 Å². The van der Waals surface area contributed by atoms with E-state index in [9.17, 15) is 8.42 Å². The highest BCUT2D eigenvalue weighted by atomic mass is 32.2. The molecule has 0 aromatic heterocycles. The summed E-state index contributed by atoms with van der Waals surface area (Å²) in [6, 6.07) is 0.218. The van der Waals surface area contributed by atoms with Crippen LogP contribution in [0.15, 0.2) is 0 Å². The van der Waals surface area contributed by atoms with Crippen LogP contribution in [0.5, 0.6) is 0 Å². The zero-order chi connectivity index (χ0) is 8.06. The third kappa shape index (κ3) is 1.17. The second-order valence-electron chi connectivity index (χ2n) is 3.45. The van der Waals surface area contributed by atoms with Gasteiger partial charge < -0.3 is 0 Å². The van der Waals surface area contributed by atoms with E-state index in [1.54, 1.807) is 0 Å². The van der Waals surface area contributed by atoms with Crippen molar-refractivity contribution in [3.63, 3.8) is 0 Å². The third-order valence-electron chi connectivity index (χ3n) is 2.69. The van der Waals surface area contributed by atoms with Crippen molar-refractivity contribution < 1.29 is 8.42 Å². The summed E-state index contributed by atoms with van der Waals surface area (Å²) in [7, 11) is -3.40. The number of rotatable bonds is 1. The minimum atomic E-state index is -3.40. The molecule has 0 aromatic rings. The Hall–Kier alpha value is -0.130. The maximum Gasteiger partial charge on any atom is 0.277 e. The summed E-state index contributed by atoms with van der Waals surface area (Å²) in [6.07, 6.45) is 3.20. The van der Waals surface area contributed by atoms with Gasteiger partial charge in [-0.1, -0.05) is 0 Å². The molecule has 4 nitrogen and oxygen atoms in total. The number of nitrogens with two attached hydrogens (primary N) is 1. The molecule has 5 heteroatoms. The molecule has 2 bridgehead atoms. The lowest BCUT2D eigenvalue weighted by Gasteiger charge is -2.23. The minimum absolute atomic E-state index is 0.218. The average molecular weight is 176 g/mol. The van der Waals surface area contributed by atoms with E-state index in [2.05, 4.69) is 0 Å². The Labute approximate surface area is 66.5 Å². The fraction of sp³-hybridized carbons (Fsp3) is 1.00. The molecule has 2 N–H and O–H groups in total. The highest BCUT2D eigenvalue weighted by Crippen LogP contribution is 2.38. The van der Waals surface area contributed by atoms with Crippen molar-refractivity contribution in [2.45, 2.75) is 25.3 Å². The lowest BCUT2D eigenvalue weighted by Crippen LogP contribution is -2.41. The van der Waals surface area contributed by atoms with Gasteiger partial charge >= 0.3 is 0 Å². The molecule has 2 rings (SSSR count). The summed E-state index contributed by atoms with van der Waals surface area (Å²) in [5, 5.41) is 5.03. The van der Waals surface area contributed by atoms with Crippen LogP contribution in [0.25, 0.3) is 0 Å². The molecule has 1 heterocycles. The molecular weight excluding hydrogens is 164 g/mol. The second-order valence-corrected chi connectivity index (χ2v) is 4.95. The van der Waals surface area contributed by atoms with Crippen molar-refractivity contribution in [1.29, 1.82) is 0 Å². The third-order valence-corrected chi connectivity index (χ3v) is 3.79. The first kappa shape index (κ1) is 7.52. The first-order valence-electron chi connectivity index (χ1n) is 3.87. The lowest BCUT2D eigenvalue weighted by atomic mass is 10.1. The highest BCUT2D eigenvalue weighted by Gasteiger charge is 2.42. The predicted molar refractivity (Wildman–Crippen MR) is 40.9 cm³/mol. The molecular formula is C6H12N2O2S. The first-order valence-corrected chi connectivity index (χ1v) is 5.37. The number of hydrogen-bond donors (Lipinski definition) is 1. The number of piperidine rings is 1. The van der Waals surface area contributed by atoms with Crippen LogP contribution in [0.1, 0.15) is 19.3 Å². The smallest absolute Gasteiger partial charge is 0.216 e. The fourth-order valence-corrected chi connectivity index (χ4v) is 3.22. The molecule has 1 saturated carbocycles. The van der Waals surface area contributed by atoms with Gasteiger partial charge in [0.25, 0.3) is 10.2 Å². The van der Waals surface area contributed by atoms with Crippen molar-refractivity contribution in [2.24, 2.45) is 11.1 Å². The fourth-order valence-electron chi connectivity index (χ4n) is 2.19. The van der Waals surface area contributed by atoms with E-state index in [1.807, 2.05) is 0 Å². The van der Waals surface area contributed by atoms with Crippen molar-refractivity contribution >= 4 is 10.2 Å². The quantitative estimate of drug-likeness (QED) is 0.595. The average Bonchev–Trinajstić information content (AvgIpc) is 2.42. The maximum atomic E-state index is 10.9. The maximum absolute atomic E-state index is 10.9. The Morgan fingerprint density at radius 3 is 2.36 bits per heavy atom. The zero-order valence-electron chi connectivity index (χ0n) is 6.23. The molecule has 1 saturated heterocycles. The summed E-state index contributed by atoms with van der Waals surface area (Å²) in [6.45, 7) is 0.656. The van der Waals surface area contributed by atoms with Crippen LogP contribution in [0.3, 0.4) is 0 Å². The predicted octanol–water partition coefficient (Wildman–Crippen LogP) is -0.326. The molecule has 0 aromatic carbocycles. The minimum Gasteiger partial charge on any atom is -0.216 e. The molecule has 0 radical (unpaired) electrons. The number of hydrogen-bond acceptors (Lipinski definition) is 2. The van der Waals surface area contributed by atoms with Gasteiger partial charge in [0, 0.05) is 12.6 Å². The zero-order valence-corrected chi connectivity index (χ0v) is 7.05. The van der Waals surface area contributed by atoms with Crippen molar-refractivity contribution in [3.8, 4) is 0 Å². The molecule has 2 atom stereocenters. The molecule has 2 unspecified atom stereocenters. The summed E-state index contributed by atoms with van der Waals surface area (Å²) in [5.41, 5.74) is 0. The van der Waals surface area contributed by atoms with Crippen LogP contribution >= 0.6 is 0 Å². The molecule has 64 valence electrons. The lowest BCUT2D eigenvalue weighted by molar-refractivity contribution is 0.334. The van der Waals surface area contributed by atoms with Crippen LogP contribution in [0.2, 0.25) is 0 Å². The number of nitrogens with zero attached hydrogens (tertiary/aromatic N) is 1. The SMILES string of the molecule is NS(=O)(=O)N1CC2CCC1C2. The summed E-state index contributed by atoms with van der Waals surface area (Å²) >= 11 is 0. The Bertz CT molecular complexity index is 262. The van der Waals surface area contributed by atoms with Gasteiger partial charge in [-0.05, 0) is 25.2 Å². The molecule has 0 amide bonds. The molecule has 0 spiro atoms. The van der Waals surface area contributed by atoms with Crippen molar-refractivity contribution in [3.05, 3.63) is 0 Å². The topological polar surface area (TPSA) is 63.4 Å². The van der Waals surface area contributed by atoms with Crippen LogP contribution in [-0.4, -0.2) is 25.3 Å². The Kier molecular flexibility index (Phi) is 1.49. The molecule has 1 aliphatic heterocycles. The normalized spacial score (nSPS) is 38.3. The van der Waals surface area contributed by atoms with Crippen molar-refractivity contribution in [2.75, 3.05) is 6.54 Å². The van der Waals surface area contributed by atoms with Gasteiger partial charge in [0.05, 0.1) is 0 Å². The Morgan fingerprint density at radius 1 is 1.36 bits per heavy atom.